The summed E-state index contributed by atoms with van der Waals surface area (Å²) in [6.07, 6.45) is 3.56. The van der Waals surface area contributed by atoms with Crippen LogP contribution in [0.25, 0.3) is 10.9 Å². The minimum atomic E-state index is -0.501. The van der Waals surface area contributed by atoms with Crippen molar-refractivity contribution in [2.75, 3.05) is 12.4 Å². The Balaban J connectivity index is 1.65. The molecule has 2 N–H and O–H groups in total. The van der Waals surface area contributed by atoms with Crippen molar-refractivity contribution in [3.8, 4) is 11.8 Å². The molecule has 0 saturated heterocycles. The van der Waals surface area contributed by atoms with E-state index in [-0.39, 0.29) is 5.91 Å². The Bertz CT molecular complexity index is 992. The SMILES string of the molecule is COc1ccc2[nH]cc(C3(C(=O)Nc4ccc(C#N)cc4)CC3)c2c1. The first-order valence-electron chi connectivity index (χ1n) is 8.13. The fourth-order valence-corrected chi connectivity index (χ4v) is 3.25. The van der Waals surface area contributed by atoms with Gasteiger partial charge in [0.25, 0.3) is 0 Å². The van der Waals surface area contributed by atoms with E-state index in [0.717, 1.165) is 35.1 Å². The van der Waals surface area contributed by atoms with E-state index in [2.05, 4.69) is 16.4 Å². The van der Waals surface area contributed by atoms with Gasteiger partial charge in [-0.3, -0.25) is 4.79 Å². The fourth-order valence-electron chi connectivity index (χ4n) is 3.25. The molecule has 2 aromatic carbocycles. The van der Waals surface area contributed by atoms with Crippen LogP contribution >= 0.6 is 0 Å². The van der Waals surface area contributed by atoms with Crippen molar-refractivity contribution in [1.29, 1.82) is 5.26 Å². The number of H-pyrrole nitrogens is 1. The molecule has 1 aromatic heterocycles. The molecule has 0 atom stereocenters. The third-order valence-electron chi connectivity index (χ3n) is 4.86. The molecule has 1 amide bonds. The Morgan fingerprint density at radius 1 is 1.24 bits per heavy atom. The number of ether oxygens (including phenoxy) is 1. The van der Waals surface area contributed by atoms with E-state index in [4.69, 9.17) is 10.00 Å². The molecule has 0 spiro atoms. The first kappa shape index (κ1) is 15.3. The van der Waals surface area contributed by atoms with E-state index < -0.39 is 5.41 Å². The summed E-state index contributed by atoms with van der Waals surface area (Å²) >= 11 is 0. The molecular weight excluding hydrogens is 314 g/mol. The lowest BCUT2D eigenvalue weighted by Gasteiger charge is -2.15. The number of fused-ring (bicyclic) bond motifs is 1. The number of carbonyl (C=O) groups is 1. The van der Waals surface area contributed by atoms with Crippen molar-refractivity contribution in [3.63, 3.8) is 0 Å². The highest BCUT2D eigenvalue weighted by atomic mass is 16.5. The van der Waals surface area contributed by atoms with Crippen LogP contribution in [0.1, 0.15) is 24.0 Å². The Morgan fingerprint density at radius 2 is 2.00 bits per heavy atom. The minimum absolute atomic E-state index is 0.0130. The average Bonchev–Trinajstić information content (AvgIpc) is 3.35. The molecule has 1 aliphatic carbocycles. The van der Waals surface area contributed by atoms with Gasteiger partial charge in [0.05, 0.1) is 24.2 Å². The number of methoxy groups -OCH3 is 1. The number of aromatic nitrogens is 1. The van der Waals surface area contributed by atoms with E-state index >= 15 is 0 Å². The van der Waals surface area contributed by atoms with Gasteiger partial charge < -0.3 is 15.0 Å². The van der Waals surface area contributed by atoms with Gasteiger partial charge in [0.1, 0.15) is 5.75 Å². The van der Waals surface area contributed by atoms with Crippen LogP contribution in [-0.2, 0) is 10.2 Å². The second kappa shape index (κ2) is 5.67. The zero-order chi connectivity index (χ0) is 17.4. The molecule has 1 aliphatic rings. The number of nitrogens with zero attached hydrogens (tertiary/aromatic N) is 1. The molecule has 0 unspecified atom stereocenters. The molecule has 25 heavy (non-hydrogen) atoms. The van der Waals surface area contributed by atoms with Gasteiger partial charge in [0, 0.05) is 22.8 Å². The molecule has 0 radical (unpaired) electrons. The lowest BCUT2D eigenvalue weighted by atomic mass is 9.94. The van der Waals surface area contributed by atoms with Gasteiger partial charge >= 0.3 is 0 Å². The van der Waals surface area contributed by atoms with Gasteiger partial charge in [-0.25, -0.2) is 0 Å². The largest absolute Gasteiger partial charge is 0.497 e. The maximum absolute atomic E-state index is 12.9. The Hall–Kier alpha value is -3.26. The van der Waals surface area contributed by atoms with Crippen LogP contribution in [0, 0.1) is 11.3 Å². The van der Waals surface area contributed by atoms with E-state index in [9.17, 15) is 4.79 Å². The summed E-state index contributed by atoms with van der Waals surface area (Å²) in [5, 5.41) is 12.9. The predicted molar refractivity (Wildman–Crippen MR) is 95.5 cm³/mol. The molecule has 1 saturated carbocycles. The number of nitriles is 1. The van der Waals surface area contributed by atoms with Crippen LogP contribution in [0.2, 0.25) is 0 Å². The number of carbonyl (C=O) groups excluding carboxylic acids is 1. The highest BCUT2D eigenvalue weighted by Gasteiger charge is 2.52. The molecule has 0 aliphatic heterocycles. The highest BCUT2D eigenvalue weighted by Crippen LogP contribution is 2.51. The number of rotatable bonds is 4. The summed E-state index contributed by atoms with van der Waals surface area (Å²) in [4.78, 5) is 16.2. The van der Waals surface area contributed by atoms with E-state index in [1.807, 2.05) is 24.4 Å². The van der Waals surface area contributed by atoms with Gasteiger partial charge in [-0.05, 0) is 60.9 Å². The summed E-state index contributed by atoms with van der Waals surface area (Å²) in [5.74, 6) is 0.762. The first-order chi connectivity index (χ1) is 12.2. The van der Waals surface area contributed by atoms with Gasteiger partial charge in [0.2, 0.25) is 5.91 Å². The number of hydrogen-bond acceptors (Lipinski definition) is 3. The summed E-state index contributed by atoms with van der Waals surface area (Å²) in [6.45, 7) is 0. The number of hydrogen-bond donors (Lipinski definition) is 2. The molecule has 1 heterocycles. The number of nitrogens with one attached hydrogen (secondary N) is 2. The van der Waals surface area contributed by atoms with Crippen LogP contribution in [0.4, 0.5) is 5.69 Å². The molecule has 3 aromatic rings. The Kier molecular flexibility index (Phi) is 3.47. The molecular formula is C20H17N3O2. The zero-order valence-electron chi connectivity index (χ0n) is 13.8. The van der Waals surface area contributed by atoms with Gasteiger partial charge in [-0.2, -0.15) is 5.26 Å². The summed E-state index contributed by atoms with van der Waals surface area (Å²) < 4.78 is 5.32. The van der Waals surface area contributed by atoms with E-state index in [1.165, 1.54) is 0 Å². The number of anilines is 1. The highest BCUT2D eigenvalue weighted by molar-refractivity contribution is 6.04. The van der Waals surface area contributed by atoms with Crippen LogP contribution < -0.4 is 10.1 Å². The summed E-state index contributed by atoms with van der Waals surface area (Å²) in [6, 6.07) is 14.8. The Labute approximate surface area is 145 Å². The lowest BCUT2D eigenvalue weighted by Crippen LogP contribution is -2.27. The molecule has 4 rings (SSSR count). The number of benzene rings is 2. The van der Waals surface area contributed by atoms with Crippen molar-refractivity contribution >= 4 is 22.5 Å². The van der Waals surface area contributed by atoms with E-state index in [0.29, 0.717) is 11.3 Å². The van der Waals surface area contributed by atoms with Crippen LogP contribution in [0.3, 0.4) is 0 Å². The van der Waals surface area contributed by atoms with Crippen LogP contribution in [0.15, 0.2) is 48.7 Å². The molecule has 5 nitrogen and oxygen atoms in total. The normalized spacial score (nSPS) is 14.7. The molecule has 1 fully saturated rings. The summed E-state index contributed by atoms with van der Waals surface area (Å²) in [7, 11) is 1.64. The third-order valence-corrected chi connectivity index (χ3v) is 4.86. The average molecular weight is 331 g/mol. The van der Waals surface area contributed by atoms with E-state index in [1.54, 1.807) is 31.4 Å². The van der Waals surface area contributed by atoms with Gasteiger partial charge in [-0.1, -0.05) is 0 Å². The number of aromatic amines is 1. The smallest absolute Gasteiger partial charge is 0.235 e. The second-order valence-corrected chi connectivity index (χ2v) is 6.34. The third kappa shape index (κ3) is 2.52. The first-order valence-corrected chi connectivity index (χ1v) is 8.13. The number of amides is 1. The van der Waals surface area contributed by atoms with Crippen molar-refractivity contribution in [1.82, 2.24) is 4.98 Å². The van der Waals surface area contributed by atoms with Crippen LogP contribution in [0.5, 0.6) is 5.75 Å². The summed E-state index contributed by atoms with van der Waals surface area (Å²) in [5.41, 5.74) is 2.77. The molecule has 5 heteroatoms. The molecule has 124 valence electrons. The van der Waals surface area contributed by atoms with Gasteiger partial charge in [0.15, 0.2) is 0 Å². The quantitative estimate of drug-likeness (QED) is 0.765. The van der Waals surface area contributed by atoms with Crippen LogP contribution in [-0.4, -0.2) is 18.0 Å². The topological polar surface area (TPSA) is 77.9 Å². The molecule has 0 bridgehead atoms. The Morgan fingerprint density at radius 3 is 2.64 bits per heavy atom. The van der Waals surface area contributed by atoms with Gasteiger partial charge in [-0.15, -0.1) is 0 Å². The lowest BCUT2D eigenvalue weighted by molar-refractivity contribution is -0.118. The standard InChI is InChI=1S/C20H17N3O2/c1-25-15-6-7-18-16(10-15)17(12-22-18)20(8-9-20)19(24)23-14-4-2-13(11-21)3-5-14/h2-7,10,12,22H,8-9H2,1H3,(H,23,24). The van der Waals surface area contributed by atoms with Crippen molar-refractivity contribution in [2.45, 2.75) is 18.3 Å². The fraction of sp³-hybridized carbons (Fsp3) is 0.200. The minimum Gasteiger partial charge on any atom is -0.497 e. The van der Waals surface area contributed by atoms with Crippen molar-refractivity contribution < 1.29 is 9.53 Å². The monoisotopic (exact) mass is 331 g/mol. The van der Waals surface area contributed by atoms with Crippen molar-refractivity contribution in [2.24, 2.45) is 0 Å². The maximum atomic E-state index is 12.9. The maximum Gasteiger partial charge on any atom is 0.235 e. The predicted octanol–water partition coefficient (Wildman–Crippen LogP) is 3.72. The second-order valence-electron chi connectivity index (χ2n) is 6.34. The zero-order valence-corrected chi connectivity index (χ0v) is 13.8. The van der Waals surface area contributed by atoms with Crippen molar-refractivity contribution in [3.05, 3.63) is 59.8 Å².